The first kappa shape index (κ1) is 18.7. The molecule has 8 heteroatoms. The minimum absolute atomic E-state index is 0.0285. The van der Waals surface area contributed by atoms with Gasteiger partial charge in [-0.05, 0) is 39.1 Å². The van der Waals surface area contributed by atoms with E-state index >= 15 is 0 Å². The van der Waals surface area contributed by atoms with Crippen molar-refractivity contribution >= 4 is 15.9 Å². The van der Waals surface area contributed by atoms with E-state index in [0.717, 1.165) is 13.1 Å². The maximum Gasteiger partial charge on any atom is 0.253 e. The third kappa shape index (κ3) is 3.88. The number of piperazine rings is 1. The third-order valence-corrected chi connectivity index (χ3v) is 5.74. The Bertz CT molecular complexity index is 695. The highest BCUT2D eigenvalue weighted by molar-refractivity contribution is 7.89. The average Bonchev–Trinajstić information content (AvgIpc) is 2.60. The number of amides is 1. The molecule has 0 unspecified atom stereocenters. The van der Waals surface area contributed by atoms with Crippen molar-refractivity contribution < 1.29 is 17.9 Å². The molecule has 1 aromatic rings. The molecule has 0 aliphatic carbocycles. The molecule has 1 heterocycles. The predicted octanol–water partition coefficient (Wildman–Crippen LogP) is 0.770. The fourth-order valence-corrected chi connectivity index (χ4v) is 3.67. The van der Waals surface area contributed by atoms with Crippen molar-refractivity contribution in [1.82, 2.24) is 14.5 Å². The Labute approximate surface area is 143 Å². The van der Waals surface area contributed by atoms with Crippen LogP contribution < -0.4 is 9.46 Å². The van der Waals surface area contributed by atoms with Crippen molar-refractivity contribution in [3.8, 4) is 5.75 Å². The van der Waals surface area contributed by atoms with Crippen LogP contribution in [0.15, 0.2) is 23.1 Å². The highest BCUT2D eigenvalue weighted by Crippen LogP contribution is 2.25. The van der Waals surface area contributed by atoms with E-state index in [2.05, 4.69) is 23.5 Å². The monoisotopic (exact) mass is 355 g/mol. The number of methoxy groups -OCH3 is 1. The Morgan fingerprint density at radius 1 is 1.21 bits per heavy atom. The van der Waals surface area contributed by atoms with Crippen molar-refractivity contribution in [3.05, 3.63) is 23.8 Å². The summed E-state index contributed by atoms with van der Waals surface area (Å²) in [5.74, 6) is 0.0548. The number of hydrogen-bond donors (Lipinski definition) is 1. The van der Waals surface area contributed by atoms with Gasteiger partial charge in [0.1, 0.15) is 10.6 Å². The fraction of sp³-hybridized carbons (Fsp3) is 0.562. The number of nitrogens with one attached hydrogen (secondary N) is 1. The first-order valence-electron chi connectivity index (χ1n) is 7.95. The summed E-state index contributed by atoms with van der Waals surface area (Å²) in [4.78, 5) is 16.7. The standard InChI is InChI=1S/C16H25N3O4S/c1-12(2)18-7-9-19(10-8-18)16(20)13-5-6-14(23-4)15(11-13)24(21,22)17-3/h5-6,11-12,17H,7-10H2,1-4H3. The van der Waals surface area contributed by atoms with Crippen LogP contribution in [0.1, 0.15) is 24.2 Å². The van der Waals surface area contributed by atoms with Crippen LogP contribution in [-0.4, -0.2) is 70.5 Å². The zero-order valence-electron chi connectivity index (χ0n) is 14.6. The second kappa shape index (κ2) is 7.50. The average molecular weight is 355 g/mol. The first-order chi connectivity index (χ1) is 11.3. The summed E-state index contributed by atoms with van der Waals surface area (Å²) in [6, 6.07) is 4.95. The molecule has 0 spiro atoms. The lowest BCUT2D eigenvalue weighted by atomic mass is 10.1. The van der Waals surface area contributed by atoms with Gasteiger partial charge in [0.05, 0.1) is 7.11 Å². The SMILES string of the molecule is CNS(=O)(=O)c1cc(C(=O)N2CCN(C(C)C)CC2)ccc1OC. The fourth-order valence-electron chi connectivity index (χ4n) is 2.75. The van der Waals surface area contributed by atoms with Gasteiger partial charge >= 0.3 is 0 Å². The summed E-state index contributed by atoms with van der Waals surface area (Å²) in [5.41, 5.74) is 0.350. The van der Waals surface area contributed by atoms with Crippen molar-refractivity contribution in [1.29, 1.82) is 0 Å². The van der Waals surface area contributed by atoms with E-state index in [9.17, 15) is 13.2 Å². The van der Waals surface area contributed by atoms with Gasteiger partial charge in [-0.25, -0.2) is 13.1 Å². The molecule has 0 atom stereocenters. The van der Waals surface area contributed by atoms with E-state index in [1.54, 1.807) is 11.0 Å². The second-order valence-electron chi connectivity index (χ2n) is 6.00. The minimum atomic E-state index is -3.70. The van der Waals surface area contributed by atoms with E-state index < -0.39 is 10.0 Å². The van der Waals surface area contributed by atoms with Crippen LogP contribution >= 0.6 is 0 Å². The van der Waals surface area contributed by atoms with Crippen molar-refractivity contribution in [2.24, 2.45) is 0 Å². The van der Waals surface area contributed by atoms with Gasteiger partial charge in [-0.3, -0.25) is 9.69 Å². The maximum atomic E-state index is 12.7. The van der Waals surface area contributed by atoms with Gasteiger partial charge in [0.2, 0.25) is 10.0 Å². The number of sulfonamides is 1. The van der Waals surface area contributed by atoms with E-state index in [-0.39, 0.29) is 16.6 Å². The van der Waals surface area contributed by atoms with Crippen LogP contribution in [0.25, 0.3) is 0 Å². The number of benzene rings is 1. The quantitative estimate of drug-likeness (QED) is 0.844. The molecule has 1 aliphatic rings. The summed E-state index contributed by atoms with van der Waals surface area (Å²) >= 11 is 0. The van der Waals surface area contributed by atoms with Crippen LogP contribution in [0.4, 0.5) is 0 Å². The highest BCUT2D eigenvalue weighted by Gasteiger charge is 2.25. The molecule has 1 fully saturated rings. The molecule has 1 saturated heterocycles. The molecule has 0 radical (unpaired) electrons. The zero-order chi connectivity index (χ0) is 17.9. The van der Waals surface area contributed by atoms with E-state index in [1.807, 2.05) is 0 Å². The van der Waals surface area contributed by atoms with Crippen LogP contribution in [0.5, 0.6) is 5.75 Å². The number of nitrogens with zero attached hydrogens (tertiary/aromatic N) is 2. The molecule has 1 amide bonds. The number of ether oxygens (including phenoxy) is 1. The Kier molecular flexibility index (Phi) is 5.84. The van der Waals surface area contributed by atoms with Gasteiger partial charge in [0.25, 0.3) is 5.91 Å². The minimum Gasteiger partial charge on any atom is -0.495 e. The van der Waals surface area contributed by atoms with E-state index in [1.165, 1.54) is 26.3 Å². The number of carbonyl (C=O) groups is 1. The third-order valence-electron chi connectivity index (χ3n) is 4.30. The summed E-state index contributed by atoms with van der Waals surface area (Å²) in [6.45, 7) is 7.18. The summed E-state index contributed by atoms with van der Waals surface area (Å²) in [7, 11) is -0.974. The molecule has 1 N–H and O–H groups in total. The van der Waals surface area contributed by atoms with Gasteiger partial charge < -0.3 is 9.64 Å². The lowest BCUT2D eigenvalue weighted by Gasteiger charge is -2.37. The molecule has 0 aromatic heterocycles. The van der Waals surface area contributed by atoms with Gasteiger partial charge in [0, 0.05) is 37.8 Å². The van der Waals surface area contributed by atoms with Gasteiger partial charge in [-0.1, -0.05) is 0 Å². The molecular formula is C16H25N3O4S. The molecule has 1 aromatic carbocycles. The summed E-state index contributed by atoms with van der Waals surface area (Å²) in [5, 5.41) is 0. The normalized spacial score (nSPS) is 16.5. The number of hydrogen-bond acceptors (Lipinski definition) is 5. The smallest absolute Gasteiger partial charge is 0.253 e. The van der Waals surface area contributed by atoms with Crippen LogP contribution in [0, 0.1) is 0 Å². The van der Waals surface area contributed by atoms with Crippen molar-refractivity contribution in [2.45, 2.75) is 24.8 Å². The zero-order valence-corrected chi connectivity index (χ0v) is 15.4. The molecule has 0 saturated carbocycles. The highest BCUT2D eigenvalue weighted by atomic mass is 32.2. The second-order valence-corrected chi connectivity index (χ2v) is 7.85. The number of rotatable bonds is 5. The molecule has 7 nitrogen and oxygen atoms in total. The van der Waals surface area contributed by atoms with Crippen LogP contribution in [0.3, 0.4) is 0 Å². The number of carbonyl (C=O) groups excluding carboxylic acids is 1. The topological polar surface area (TPSA) is 79.0 Å². The predicted molar refractivity (Wildman–Crippen MR) is 91.9 cm³/mol. The molecule has 24 heavy (non-hydrogen) atoms. The molecule has 134 valence electrons. The molecule has 2 rings (SSSR count). The summed E-state index contributed by atoms with van der Waals surface area (Å²) < 4.78 is 31.6. The molecule has 0 bridgehead atoms. The van der Waals surface area contributed by atoms with E-state index in [4.69, 9.17) is 4.74 Å². The Hall–Kier alpha value is -1.64. The van der Waals surface area contributed by atoms with Crippen molar-refractivity contribution in [3.63, 3.8) is 0 Å². The van der Waals surface area contributed by atoms with Gasteiger partial charge in [-0.15, -0.1) is 0 Å². The van der Waals surface area contributed by atoms with Gasteiger partial charge in [-0.2, -0.15) is 0 Å². The van der Waals surface area contributed by atoms with Gasteiger partial charge in [0.15, 0.2) is 0 Å². The Balaban J connectivity index is 2.23. The molecular weight excluding hydrogens is 330 g/mol. The molecule has 1 aliphatic heterocycles. The largest absolute Gasteiger partial charge is 0.495 e. The lowest BCUT2D eigenvalue weighted by molar-refractivity contribution is 0.0595. The van der Waals surface area contributed by atoms with Crippen LogP contribution in [-0.2, 0) is 10.0 Å². The van der Waals surface area contributed by atoms with Crippen molar-refractivity contribution in [2.75, 3.05) is 40.3 Å². The summed E-state index contributed by atoms with van der Waals surface area (Å²) in [6.07, 6.45) is 0. The van der Waals surface area contributed by atoms with E-state index in [0.29, 0.717) is 24.7 Å². The van der Waals surface area contributed by atoms with Crippen LogP contribution in [0.2, 0.25) is 0 Å². The lowest BCUT2D eigenvalue weighted by Crippen LogP contribution is -2.50. The Morgan fingerprint density at radius 3 is 2.33 bits per heavy atom. The Morgan fingerprint density at radius 2 is 1.83 bits per heavy atom. The first-order valence-corrected chi connectivity index (χ1v) is 9.43. The maximum absolute atomic E-state index is 12.7.